The fourth-order valence-electron chi connectivity index (χ4n) is 3.95. The number of rotatable bonds is 9. The largest absolute Gasteiger partial charge is 0.379 e. The van der Waals surface area contributed by atoms with Crippen molar-refractivity contribution >= 4 is 51.7 Å². The molecule has 2 aromatic heterocycles. The number of thiocarbonyl (C=S) groups is 1. The molecule has 1 saturated heterocycles. The zero-order chi connectivity index (χ0) is 25.8. The van der Waals surface area contributed by atoms with Gasteiger partial charge in [-0.2, -0.15) is 0 Å². The van der Waals surface area contributed by atoms with Crippen molar-refractivity contribution in [3.8, 4) is 0 Å². The maximum Gasteiger partial charge on any atom is 0.267 e. The van der Waals surface area contributed by atoms with E-state index in [2.05, 4.69) is 5.32 Å². The first-order valence-corrected chi connectivity index (χ1v) is 13.2. The van der Waals surface area contributed by atoms with Crippen LogP contribution in [0.1, 0.15) is 49.9 Å². The number of ether oxygens (including phenoxy) is 1. The van der Waals surface area contributed by atoms with Crippen molar-refractivity contribution in [1.29, 1.82) is 0 Å². The number of nitrogens with one attached hydrogen (secondary N) is 1. The number of aryl methyl sites for hydroxylation is 1. The van der Waals surface area contributed by atoms with Gasteiger partial charge in [0.25, 0.3) is 11.5 Å². The number of anilines is 1. The SMILES string of the molecule is Cc1ccc2nc(NCCCOC(C)C)c(/C=C3\SC(=S)N(C(C)c4ccccc4)C3=O)c(=O)n2c1. The molecule has 0 radical (unpaired) electrons. The maximum absolute atomic E-state index is 13.5. The molecule has 7 nitrogen and oxygen atoms in total. The number of fused-ring (bicyclic) bond motifs is 1. The van der Waals surface area contributed by atoms with Gasteiger partial charge in [-0.3, -0.25) is 18.9 Å². The Morgan fingerprint density at radius 1 is 1.14 bits per heavy atom. The third kappa shape index (κ3) is 5.69. The molecule has 36 heavy (non-hydrogen) atoms. The Morgan fingerprint density at radius 3 is 2.61 bits per heavy atom. The Balaban J connectivity index is 1.68. The van der Waals surface area contributed by atoms with Crippen LogP contribution in [-0.2, 0) is 9.53 Å². The van der Waals surface area contributed by atoms with Gasteiger partial charge >= 0.3 is 0 Å². The van der Waals surface area contributed by atoms with Crippen LogP contribution in [0.25, 0.3) is 11.7 Å². The van der Waals surface area contributed by atoms with Gasteiger partial charge < -0.3 is 10.1 Å². The van der Waals surface area contributed by atoms with E-state index < -0.39 is 0 Å². The summed E-state index contributed by atoms with van der Waals surface area (Å²) in [4.78, 5) is 33.7. The van der Waals surface area contributed by atoms with Gasteiger partial charge in [0.1, 0.15) is 15.8 Å². The molecule has 1 aromatic carbocycles. The maximum atomic E-state index is 13.5. The summed E-state index contributed by atoms with van der Waals surface area (Å²) in [7, 11) is 0. The lowest BCUT2D eigenvalue weighted by molar-refractivity contribution is -0.123. The van der Waals surface area contributed by atoms with Crippen molar-refractivity contribution in [2.24, 2.45) is 0 Å². The highest BCUT2D eigenvalue weighted by atomic mass is 32.2. The number of thioether (sulfide) groups is 1. The van der Waals surface area contributed by atoms with Gasteiger partial charge in [-0.1, -0.05) is 60.4 Å². The number of aromatic nitrogens is 2. The summed E-state index contributed by atoms with van der Waals surface area (Å²) >= 11 is 6.77. The predicted molar refractivity (Wildman–Crippen MR) is 150 cm³/mol. The number of amides is 1. The second-order valence-electron chi connectivity index (χ2n) is 8.95. The Hall–Kier alpha value is -3.01. The number of carbonyl (C=O) groups is 1. The summed E-state index contributed by atoms with van der Waals surface area (Å²) < 4.78 is 7.60. The molecule has 4 rings (SSSR count). The van der Waals surface area contributed by atoms with Crippen molar-refractivity contribution in [3.63, 3.8) is 0 Å². The highest BCUT2D eigenvalue weighted by Crippen LogP contribution is 2.38. The van der Waals surface area contributed by atoms with Crippen molar-refractivity contribution in [1.82, 2.24) is 14.3 Å². The van der Waals surface area contributed by atoms with E-state index >= 15 is 0 Å². The zero-order valence-corrected chi connectivity index (χ0v) is 22.5. The van der Waals surface area contributed by atoms with Crippen LogP contribution < -0.4 is 10.9 Å². The Bertz CT molecular complexity index is 1370. The molecular formula is C27H30N4O3S2. The fourth-order valence-corrected chi connectivity index (χ4v) is 5.35. The van der Waals surface area contributed by atoms with Crippen molar-refractivity contribution < 1.29 is 9.53 Å². The molecule has 1 aliphatic rings. The molecule has 1 aliphatic heterocycles. The molecule has 3 aromatic rings. The fraction of sp³-hybridized carbons (Fsp3) is 0.333. The number of hydrogen-bond donors (Lipinski definition) is 1. The summed E-state index contributed by atoms with van der Waals surface area (Å²) in [6, 6.07) is 13.3. The predicted octanol–water partition coefficient (Wildman–Crippen LogP) is 5.19. The number of hydrogen-bond acceptors (Lipinski definition) is 7. The van der Waals surface area contributed by atoms with Gasteiger partial charge in [-0.15, -0.1) is 0 Å². The molecule has 0 aliphatic carbocycles. The van der Waals surface area contributed by atoms with E-state index in [4.69, 9.17) is 21.9 Å². The summed E-state index contributed by atoms with van der Waals surface area (Å²) in [6.45, 7) is 9.03. The average molecular weight is 523 g/mol. The van der Waals surface area contributed by atoms with Crippen LogP contribution in [0.4, 0.5) is 5.82 Å². The normalized spacial score (nSPS) is 15.9. The van der Waals surface area contributed by atoms with Gasteiger partial charge in [-0.25, -0.2) is 4.98 Å². The lowest BCUT2D eigenvalue weighted by Crippen LogP contribution is -2.31. The number of nitrogens with zero attached hydrogens (tertiary/aromatic N) is 3. The van der Waals surface area contributed by atoms with E-state index in [9.17, 15) is 9.59 Å². The quantitative estimate of drug-likeness (QED) is 0.235. The Labute approximate surface area is 220 Å². The van der Waals surface area contributed by atoms with Crippen LogP contribution in [-0.4, -0.2) is 43.8 Å². The summed E-state index contributed by atoms with van der Waals surface area (Å²) in [5, 5.41) is 3.28. The molecule has 1 N–H and O–H groups in total. The van der Waals surface area contributed by atoms with Gasteiger partial charge in [0.15, 0.2) is 0 Å². The first-order valence-electron chi connectivity index (χ1n) is 12.0. The minimum absolute atomic E-state index is 0.160. The number of carbonyl (C=O) groups excluding carboxylic acids is 1. The second-order valence-corrected chi connectivity index (χ2v) is 10.6. The molecule has 1 amide bonds. The Kier molecular flexibility index (Phi) is 8.23. The second kappa shape index (κ2) is 11.4. The van der Waals surface area contributed by atoms with E-state index in [1.165, 1.54) is 16.2 Å². The van der Waals surface area contributed by atoms with Crippen LogP contribution in [0, 0.1) is 6.92 Å². The third-order valence-corrected chi connectivity index (χ3v) is 7.17. The van der Waals surface area contributed by atoms with Gasteiger partial charge in [-0.05, 0) is 57.4 Å². The van der Waals surface area contributed by atoms with Crippen molar-refractivity contribution in [2.75, 3.05) is 18.5 Å². The highest BCUT2D eigenvalue weighted by Gasteiger charge is 2.36. The average Bonchev–Trinajstić information content (AvgIpc) is 3.13. The zero-order valence-electron chi connectivity index (χ0n) is 20.9. The van der Waals surface area contributed by atoms with Gasteiger partial charge in [0.2, 0.25) is 0 Å². The summed E-state index contributed by atoms with van der Waals surface area (Å²) in [6.07, 6.45) is 4.29. The van der Waals surface area contributed by atoms with Crippen LogP contribution in [0.5, 0.6) is 0 Å². The lowest BCUT2D eigenvalue weighted by atomic mass is 10.1. The van der Waals surface area contributed by atoms with Crippen LogP contribution in [0.2, 0.25) is 0 Å². The van der Waals surface area contributed by atoms with E-state index in [0.29, 0.717) is 39.4 Å². The molecule has 0 bridgehead atoms. The van der Waals surface area contributed by atoms with E-state index in [1.54, 1.807) is 17.2 Å². The van der Waals surface area contributed by atoms with E-state index in [1.807, 2.05) is 70.2 Å². The molecule has 3 heterocycles. The number of pyridine rings is 1. The molecule has 0 spiro atoms. The first-order chi connectivity index (χ1) is 17.3. The smallest absolute Gasteiger partial charge is 0.267 e. The standard InChI is InChI=1S/C27H30N4O3S2/c1-17(2)34-14-8-13-28-24-21(25(32)30-16-18(3)11-12-23(30)29-24)15-22-26(33)31(27(35)36-22)19(4)20-9-6-5-7-10-20/h5-7,9-12,15-17,19,28H,8,13-14H2,1-4H3/b22-15-. The van der Waals surface area contributed by atoms with E-state index in [-0.39, 0.29) is 23.6 Å². The van der Waals surface area contributed by atoms with Crippen molar-refractivity contribution in [2.45, 2.75) is 46.3 Å². The van der Waals surface area contributed by atoms with Crippen LogP contribution in [0.3, 0.4) is 0 Å². The molecule has 1 atom stereocenters. The van der Waals surface area contributed by atoms with Gasteiger partial charge in [0, 0.05) is 19.3 Å². The minimum atomic E-state index is -0.244. The number of benzene rings is 1. The molecule has 188 valence electrons. The monoisotopic (exact) mass is 522 g/mol. The molecule has 9 heteroatoms. The van der Waals surface area contributed by atoms with Crippen LogP contribution >= 0.6 is 24.0 Å². The topological polar surface area (TPSA) is 75.9 Å². The lowest BCUT2D eigenvalue weighted by Gasteiger charge is -2.23. The summed E-state index contributed by atoms with van der Waals surface area (Å²) in [5.41, 5.74) is 2.55. The van der Waals surface area contributed by atoms with Crippen LogP contribution in [0.15, 0.2) is 58.4 Å². The Morgan fingerprint density at radius 2 is 1.89 bits per heavy atom. The first kappa shape index (κ1) is 26.1. The minimum Gasteiger partial charge on any atom is -0.379 e. The molecule has 1 fully saturated rings. The molecular weight excluding hydrogens is 492 g/mol. The van der Waals surface area contributed by atoms with Gasteiger partial charge in [0.05, 0.1) is 22.6 Å². The van der Waals surface area contributed by atoms with Crippen molar-refractivity contribution in [3.05, 3.63) is 80.6 Å². The summed E-state index contributed by atoms with van der Waals surface area (Å²) in [5.74, 6) is 0.223. The van der Waals surface area contributed by atoms with E-state index in [0.717, 1.165) is 17.5 Å². The molecule has 1 unspecified atom stereocenters. The highest BCUT2D eigenvalue weighted by molar-refractivity contribution is 8.26. The molecule has 0 saturated carbocycles. The third-order valence-electron chi connectivity index (χ3n) is 5.84.